The maximum atomic E-state index is 13.7. The van der Waals surface area contributed by atoms with Crippen LogP contribution in [-0.4, -0.2) is 49.7 Å². The van der Waals surface area contributed by atoms with Crippen LogP contribution in [0.15, 0.2) is 18.2 Å². The number of hydrogen-bond donors (Lipinski definition) is 1. The highest BCUT2D eigenvalue weighted by Gasteiger charge is 2.28. The molecule has 1 aliphatic heterocycles. The van der Waals surface area contributed by atoms with E-state index in [-0.39, 0.29) is 36.8 Å². The zero-order valence-corrected chi connectivity index (χ0v) is 12.0. The van der Waals surface area contributed by atoms with Gasteiger partial charge in [0, 0.05) is 31.2 Å². The average molecular weight is 322 g/mol. The molecule has 110 valence electrons. The molecule has 1 heterocycles. The first-order valence-corrected chi connectivity index (χ1v) is 7.69. The zero-order valence-electron chi connectivity index (χ0n) is 10.4. The van der Waals surface area contributed by atoms with Gasteiger partial charge in [-0.25, -0.2) is 9.53 Å². The van der Waals surface area contributed by atoms with E-state index in [1.807, 2.05) is 0 Å². The van der Waals surface area contributed by atoms with E-state index in [1.54, 1.807) is 0 Å². The molecule has 0 atom stereocenters. The highest BCUT2D eigenvalue weighted by atomic mass is 35.5. The molecule has 20 heavy (non-hydrogen) atoms. The van der Waals surface area contributed by atoms with Gasteiger partial charge in [0.15, 0.2) is 0 Å². The van der Waals surface area contributed by atoms with Crippen molar-refractivity contribution in [2.75, 3.05) is 26.2 Å². The van der Waals surface area contributed by atoms with Crippen LogP contribution in [0.2, 0.25) is 5.02 Å². The second-order valence-electron chi connectivity index (χ2n) is 4.36. The Morgan fingerprint density at radius 2 is 1.85 bits per heavy atom. The SMILES string of the molecule is NS(=O)(=O)N1CCN(C(=O)c2ccc(Cl)cc2F)CC1. The van der Waals surface area contributed by atoms with Crippen molar-refractivity contribution in [1.29, 1.82) is 0 Å². The van der Waals surface area contributed by atoms with Crippen LogP contribution in [0.1, 0.15) is 10.4 Å². The smallest absolute Gasteiger partial charge is 0.277 e. The summed E-state index contributed by atoms with van der Waals surface area (Å²) in [6.07, 6.45) is 0. The molecule has 0 saturated carbocycles. The molecular weight excluding hydrogens is 309 g/mol. The molecule has 1 aromatic carbocycles. The highest BCUT2D eigenvalue weighted by molar-refractivity contribution is 7.86. The van der Waals surface area contributed by atoms with Gasteiger partial charge in [-0.15, -0.1) is 0 Å². The predicted octanol–water partition coefficient (Wildman–Crippen LogP) is 0.440. The van der Waals surface area contributed by atoms with E-state index in [1.165, 1.54) is 17.0 Å². The summed E-state index contributed by atoms with van der Waals surface area (Å²) in [5.74, 6) is -1.19. The Morgan fingerprint density at radius 1 is 1.25 bits per heavy atom. The fraction of sp³-hybridized carbons (Fsp3) is 0.364. The third kappa shape index (κ3) is 3.26. The summed E-state index contributed by atoms with van der Waals surface area (Å²) in [5.41, 5.74) is -0.0848. The topological polar surface area (TPSA) is 83.7 Å². The molecule has 6 nitrogen and oxygen atoms in total. The van der Waals surface area contributed by atoms with Crippen molar-refractivity contribution >= 4 is 27.7 Å². The van der Waals surface area contributed by atoms with Crippen LogP contribution >= 0.6 is 11.6 Å². The van der Waals surface area contributed by atoms with E-state index < -0.39 is 21.9 Å². The van der Waals surface area contributed by atoms with Gasteiger partial charge in [-0.05, 0) is 18.2 Å². The van der Waals surface area contributed by atoms with E-state index in [2.05, 4.69) is 0 Å². The van der Waals surface area contributed by atoms with Crippen LogP contribution in [0.5, 0.6) is 0 Å². The van der Waals surface area contributed by atoms with Gasteiger partial charge in [-0.3, -0.25) is 4.79 Å². The van der Waals surface area contributed by atoms with Crippen molar-refractivity contribution in [3.05, 3.63) is 34.6 Å². The molecule has 1 aliphatic rings. The van der Waals surface area contributed by atoms with Crippen LogP contribution in [-0.2, 0) is 10.2 Å². The second-order valence-corrected chi connectivity index (χ2v) is 6.34. The Balaban J connectivity index is 2.09. The van der Waals surface area contributed by atoms with Crippen LogP contribution in [0.25, 0.3) is 0 Å². The summed E-state index contributed by atoms with van der Waals surface area (Å²) in [6.45, 7) is 0.522. The van der Waals surface area contributed by atoms with Crippen molar-refractivity contribution < 1.29 is 17.6 Å². The van der Waals surface area contributed by atoms with Crippen molar-refractivity contribution in [3.63, 3.8) is 0 Å². The molecule has 1 fully saturated rings. The minimum absolute atomic E-state index is 0.0848. The summed E-state index contributed by atoms with van der Waals surface area (Å²) in [7, 11) is -3.75. The Labute approximate surface area is 121 Å². The van der Waals surface area contributed by atoms with Crippen LogP contribution in [0.3, 0.4) is 0 Å². The fourth-order valence-corrected chi connectivity index (χ4v) is 2.81. The number of rotatable bonds is 2. The Bertz CT molecular complexity index is 630. The van der Waals surface area contributed by atoms with Gasteiger partial charge in [-0.1, -0.05) is 11.6 Å². The number of nitrogens with two attached hydrogens (primary N) is 1. The molecule has 1 amide bonds. The molecule has 1 saturated heterocycles. The maximum Gasteiger partial charge on any atom is 0.277 e. The zero-order chi connectivity index (χ0) is 14.9. The monoisotopic (exact) mass is 321 g/mol. The Kier molecular flexibility index (Phi) is 4.28. The number of benzene rings is 1. The summed E-state index contributed by atoms with van der Waals surface area (Å²) >= 11 is 5.62. The van der Waals surface area contributed by atoms with Crippen LogP contribution in [0, 0.1) is 5.82 Å². The first kappa shape index (κ1) is 15.2. The van der Waals surface area contributed by atoms with Gasteiger partial charge in [0.25, 0.3) is 16.1 Å². The molecule has 0 aliphatic carbocycles. The number of nitrogens with zero attached hydrogens (tertiary/aromatic N) is 2. The van der Waals surface area contributed by atoms with Crippen molar-refractivity contribution in [1.82, 2.24) is 9.21 Å². The Hall–Kier alpha value is -1.22. The molecule has 2 rings (SSSR count). The number of carbonyl (C=O) groups excluding carboxylic acids is 1. The largest absolute Gasteiger partial charge is 0.336 e. The lowest BCUT2D eigenvalue weighted by Crippen LogP contribution is -2.52. The first-order valence-electron chi connectivity index (χ1n) is 5.81. The van der Waals surface area contributed by atoms with Gasteiger partial charge in [0.2, 0.25) is 0 Å². The third-order valence-electron chi connectivity index (χ3n) is 3.05. The lowest BCUT2D eigenvalue weighted by Gasteiger charge is -2.33. The van der Waals surface area contributed by atoms with Gasteiger partial charge >= 0.3 is 0 Å². The number of carbonyl (C=O) groups is 1. The summed E-state index contributed by atoms with van der Waals surface area (Å²) in [6, 6.07) is 3.81. The second kappa shape index (κ2) is 5.65. The van der Waals surface area contributed by atoms with Crippen LogP contribution < -0.4 is 5.14 Å². The summed E-state index contributed by atoms with van der Waals surface area (Å²) in [5, 5.41) is 5.21. The molecular formula is C11H13ClFN3O3S. The minimum atomic E-state index is -3.75. The quantitative estimate of drug-likeness (QED) is 0.858. The van der Waals surface area contributed by atoms with E-state index in [4.69, 9.17) is 16.7 Å². The van der Waals surface area contributed by atoms with Crippen LogP contribution in [0.4, 0.5) is 4.39 Å². The summed E-state index contributed by atoms with van der Waals surface area (Å²) < 4.78 is 37.0. The van der Waals surface area contributed by atoms with E-state index in [9.17, 15) is 17.6 Å². The summed E-state index contributed by atoms with van der Waals surface area (Å²) in [4.78, 5) is 13.5. The molecule has 9 heteroatoms. The Morgan fingerprint density at radius 3 is 2.35 bits per heavy atom. The molecule has 0 radical (unpaired) electrons. The van der Waals surface area contributed by atoms with Crippen molar-refractivity contribution in [2.24, 2.45) is 5.14 Å². The van der Waals surface area contributed by atoms with Gasteiger partial charge in [0.05, 0.1) is 5.56 Å². The standard InChI is InChI=1S/C11H13ClFN3O3S/c12-8-1-2-9(10(13)7-8)11(17)15-3-5-16(6-4-15)20(14,18)19/h1-2,7H,3-6H2,(H2,14,18,19). The molecule has 2 N–H and O–H groups in total. The van der Waals surface area contributed by atoms with E-state index in [0.29, 0.717) is 0 Å². The van der Waals surface area contributed by atoms with Gasteiger partial charge in [-0.2, -0.15) is 12.7 Å². The number of amides is 1. The minimum Gasteiger partial charge on any atom is -0.336 e. The number of halogens is 2. The van der Waals surface area contributed by atoms with Gasteiger partial charge < -0.3 is 4.90 Å². The predicted molar refractivity (Wildman–Crippen MR) is 72.0 cm³/mol. The molecule has 0 unspecified atom stereocenters. The van der Waals surface area contributed by atoms with Crippen molar-refractivity contribution in [2.45, 2.75) is 0 Å². The molecule has 0 aromatic heterocycles. The highest BCUT2D eigenvalue weighted by Crippen LogP contribution is 2.17. The lowest BCUT2D eigenvalue weighted by molar-refractivity contribution is 0.0693. The van der Waals surface area contributed by atoms with Gasteiger partial charge in [0.1, 0.15) is 5.82 Å². The molecule has 0 bridgehead atoms. The van der Waals surface area contributed by atoms with E-state index >= 15 is 0 Å². The molecule has 0 spiro atoms. The number of hydrogen-bond acceptors (Lipinski definition) is 3. The normalized spacial score (nSPS) is 17.2. The fourth-order valence-electron chi connectivity index (χ4n) is 1.98. The maximum absolute atomic E-state index is 13.7. The lowest BCUT2D eigenvalue weighted by atomic mass is 10.1. The van der Waals surface area contributed by atoms with Crippen molar-refractivity contribution in [3.8, 4) is 0 Å². The third-order valence-corrected chi connectivity index (χ3v) is 4.37. The number of piperazine rings is 1. The first-order chi connectivity index (χ1) is 9.29. The van der Waals surface area contributed by atoms with E-state index in [0.717, 1.165) is 10.4 Å². The average Bonchev–Trinajstić information content (AvgIpc) is 2.37. The molecule has 1 aromatic rings.